The van der Waals surface area contributed by atoms with Gasteiger partial charge in [0, 0.05) is 24.4 Å². The van der Waals surface area contributed by atoms with Crippen molar-refractivity contribution in [1.29, 1.82) is 5.26 Å². The number of amides is 1. The van der Waals surface area contributed by atoms with Gasteiger partial charge in [-0.25, -0.2) is 4.39 Å². The van der Waals surface area contributed by atoms with Crippen molar-refractivity contribution in [2.24, 2.45) is 23.2 Å². The summed E-state index contributed by atoms with van der Waals surface area (Å²) in [5.41, 5.74) is 2.72. The molecule has 2 heterocycles. The average Bonchev–Trinajstić information content (AvgIpc) is 3.54. The van der Waals surface area contributed by atoms with Crippen molar-refractivity contribution in [2.75, 3.05) is 6.54 Å². The maximum absolute atomic E-state index is 13.9. The Morgan fingerprint density at radius 2 is 2.09 bits per heavy atom. The Kier molecular flexibility index (Phi) is 4.58. The summed E-state index contributed by atoms with van der Waals surface area (Å²) in [5.74, 6) is 0.921. The number of fused-ring (bicyclic) bond motifs is 2. The normalized spacial score (nSPS) is 30.4. The highest BCUT2D eigenvalue weighted by Crippen LogP contribution is 2.63. The summed E-state index contributed by atoms with van der Waals surface area (Å²) in [5, 5.41) is 14.7. The first-order chi connectivity index (χ1) is 15.9. The molecule has 2 aromatic carbocycles. The van der Waals surface area contributed by atoms with Crippen LogP contribution in [0, 0.1) is 40.3 Å². The molecule has 1 amide bonds. The SMILES string of the molecule is CC1CC(c2cccc(F)c2)N(C(=O)[C@H]2CC3(Cn4ncc5cc(C#N)ccc54)CC2C3)C1. The van der Waals surface area contributed by atoms with Crippen molar-refractivity contribution in [2.45, 2.75) is 45.2 Å². The van der Waals surface area contributed by atoms with Gasteiger partial charge in [0.05, 0.1) is 29.4 Å². The molecule has 2 unspecified atom stereocenters. The Labute approximate surface area is 192 Å². The summed E-state index contributed by atoms with van der Waals surface area (Å²) in [6.07, 6.45) is 5.75. The number of nitrogens with zero attached hydrogens (tertiary/aromatic N) is 4. The van der Waals surface area contributed by atoms with Crippen LogP contribution in [0.5, 0.6) is 0 Å². The van der Waals surface area contributed by atoms with Crippen LogP contribution in [0.1, 0.15) is 49.8 Å². The van der Waals surface area contributed by atoms with E-state index in [0.717, 1.165) is 55.2 Å². The van der Waals surface area contributed by atoms with Gasteiger partial charge in [-0.05, 0) is 78.8 Å². The third-order valence-corrected chi connectivity index (χ3v) is 8.21. The van der Waals surface area contributed by atoms with Crippen molar-refractivity contribution in [3.05, 3.63) is 65.6 Å². The number of hydrogen-bond donors (Lipinski definition) is 0. The molecule has 3 aliphatic carbocycles. The Morgan fingerprint density at radius 3 is 2.88 bits per heavy atom. The molecular weight excluding hydrogens is 415 g/mol. The largest absolute Gasteiger partial charge is 0.335 e. The van der Waals surface area contributed by atoms with E-state index in [1.165, 1.54) is 6.07 Å². The van der Waals surface area contributed by atoms with E-state index < -0.39 is 0 Å². The van der Waals surface area contributed by atoms with Crippen LogP contribution in [0.25, 0.3) is 10.9 Å². The summed E-state index contributed by atoms with van der Waals surface area (Å²) in [4.78, 5) is 15.7. The number of benzene rings is 2. The molecular formula is C27H27FN4O. The molecule has 3 atom stereocenters. The lowest BCUT2D eigenvalue weighted by Crippen LogP contribution is -2.37. The van der Waals surface area contributed by atoms with E-state index in [1.807, 2.05) is 40.0 Å². The van der Waals surface area contributed by atoms with Crippen molar-refractivity contribution in [3.63, 3.8) is 0 Å². The minimum absolute atomic E-state index is 0.0265. The zero-order valence-corrected chi connectivity index (χ0v) is 18.7. The van der Waals surface area contributed by atoms with Gasteiger partial charge < -0.3 is 4.90 Å². The van der Waals surface area contributed by atoms with Crippen LogP contribution in [-0.2, 0) is 11.3 Å². The fourth-order valence-electron chi connectivity index (χ4n) is 6.75. The quantitative estimate of drug-likeness (QED) is 0.567. The highest BCUT2D eigenvalue weighted by molar-refractivity contribution is 5.81. The Hall–Kier alpha value is -3.20. The van der Waals surface area contributed by atoms with Crippen molar-refractivity contribution < 1.29 is 9.18 Å². The second kappa shape index (κ2) is 7.41. The number of carbonyl (C=O) groups excluding carboxylic acids is 1. The van der Waals surface area contributed by atoms with Crippen LogP contribution in [0.4, 0.5) is 4.39 Å². The topological polar surface area (TPSA) is 61.9 Å². The lowest BCUT2D eigenvalue weighted by molar-refractivity contribution is -0.137. The van der Waals surface area contributed by atoms with Gasteiger partial charge in [-0.15, -0.1) is 0 Å². The molecule has 6 heteroatoms. The number of rotatable bonds is 4. The summed E-state index contributed by atoms with van der Waals surface area (Å²) in [6, 6.07) is 14.6. The van der Waals surface area contributed by atoms with Gasteiger partial charge in [0.15, 0.2) is 0 Å². The molecule has 7 rings (SSSR count). The molecule has 0 radical (unpaired) electrons. The molecule has 1 aliphatic heterocycles. The second-order valence-corrected chi connectivity index (χ2v) is 10.6. The number of halogens is 1. The maximum Gasteiger partial charge on any atom is 0.226 e. The van der Waals surface area contributed by atoms with Gasteiger partial charge in [-0.1, -0.05) is 19.1 Å². The van der Waals surface area contributed by atoms with E-state index >= 15 is 0 Å². The van der Waals surface area contributed by atoms with Crippen LogP contribution in [0.15, 0.2) is 48.7 Å². The van der Waals surface area contributed by atoms with Gasteiger partial charge >= 0.3 is 0 Å². The lowest BCUT2D eigenvalue weighted by atomic mass is 9.69. The van der Waals surface area contributed by atoms with E-state index in [2.05, 4.69) is 18.1 Å². The van der Waals surface area contributed by atoms with Crippen LogP contribution in [-0.4, -0.2) is 27.1 Å². The van der Waals surface area contributed by atoms with Gasteiger partial charge in [-0.2, -0.15) is 10.4 Å². The first-order valence-electron chi connectivity index (χ1n) is 11.9. The van der Waals surface area contributed by atoms with Crippen LogP contribution < -0.4 is 0 Å². The third kappa shape index (κ3) is 3.33. The number of hydrogen-bond acceptors (Lipinski definition) is 3. The predicted octanol–water partition coefficient (Wildman–Crippen LogP) is 5.07. The summed E-state index contributed by atoms with van der Waals surface area (Å²) >= 11 is 0. The number of aromatic nitrogens is 2. The van der Waals surface area contributed by atoms with Crippen molar-refractivity contribution >= 4 is 16.8 Å². The Balaban J connectivity index is 1.20. The summed E-state index contributed by atoms with van der Waals surface area (Å²) in [7, 11) is 0. The number of nitriles is 1. The molecule has 168 valence electrons. The smallest absolute Gasteiger partial charge is 0.226 e. The van der Waals surface area contributed by atoms with Crippen LogP contribution in [0.2, 0.25) is 0 Å². The summed E-state index contributed by atoms with van der Waals surface area (Å²) in [6.45, 7) is 3.74. The molecule has 1 saturated heterocycles. The van der Waals surface area contributed by atoms with E-state index in [1.54, 1.807) is 12.1 Å². The number of carbonyl (C=O) groups is 1. The molecule has 3 aromatic rings. The first-order valence-corrected chi connectivity index (χ1v) is 11.9. The fraction of sp³-hybridized carbons (Fsp3) is 0.444. The zero-order chi connectivity index (χ0) is 22.7. The monoisotopic (exact) mass is 442 g/mol. The Morgan fingerprint density at radius 1 is 1.24 bits per heavy atom. The maximum atomic E-state index is 13.9. The fourth-order valence-corrected chi connectivity index (χ4v) is 6.75. The van der Waals surface area contributed by atoms with E-state index in [-0.39, 0.29) is 29.1 Å². The lowest BCUT2D eigenvalue weighted by Gasteiger charge is -2.38. The zero-order valence-electron chi connectivity index (χ0n) is 18.7. The summed E-state index contributed by atoms with van der Waals surface area (Å²) < 4.78 is 15.9. The molecule has 0 N–H and O–H groups in total. The molecule has 33 heavy (non-hydrogen) atoms. The molecule has 2 bridgehead atoms. The van der Waals surface area contributed by atoms with Gasteiger partial charge in [0.2, 0.25) is 5.91 Å². The minimum atomic E-state index is -0.241. The number of likely N-dealkylation sites (tertiary alicyclic amines) is 1. The molecule has 3 saturated carbocycles. The van der Waals surface area contributed by atoms with Gasteiger partial charge in [0.1, 0.15) is 5.82 Å². The van der Waals surface area contributed by atoms with Gasteiger partial charge in [-0.3, -0.25) is 9.48 Å². The molecule has 1 aromatic heterocycles. The second-order valence-electron chi connectivity index (χ2n) is 10.6. The Bertz CT molecular complexity index is 1280. The standard InChI is InChI=1S/C27H27FN4O/c1-17-7-25(19-3-2-4-22(28)9-19)31(15-17)26(33)23-12-27(10-21(23)11-27)16-32-24-6-5-18(13-29)8-20(24)14-30-32/h2-6,8-9,14,17,21,23,25H,7,10-12,15-16H2,1H3/t17?,21?,23-,25?,27?/m0/s1. The van der Waals surface area contributed by atoms with Crippen molar-refractivity contribution in [3.8, 4) is 6.07 Å². The van der Waals surface area contributed by atoms with E-state index in [4.69, 9.17) is 5.26 Å². The van der Waals surface area contributed by atoms with Crippen LogP contribution in [0.3, 0.4) is 0 Å². The van der Waals surface area contributed by atoms with Crippen molar-refractivity contribution in [1.82, 2.24) is 14.7 Å². The predicted molar refractivity (Wildman–Crippen MR) is 122 cm³/mol. The average molecular weight is 443 g/mol. The highest BCUT2D eigenvalue weighted by atomic mass is 19.1. The van der Waals surface area contributed by atoms with E-state index in [0.29, 0.717) is 17.4 Å². The molecule has 0 spiro atoms. The van der Waals surface area contributed by atoms with Crippen LogP contribution >= 0.6 is 0 Å². The van der Waals surface area contributed by atoms with E-state index in [9.17, 15) is 9.18 Å². The molecule has 4 fully saturated rings. The highest BCUT2D eigenvalue weighted by Gasteiger charge is 2.59. The minimum Gasteiger partial charge on any atom is -0.335 e. The molecule has 5 nitrogen and oxygen atoms in total. The third-order valence-electron chi connectivity index (χ3n) is 8.21. The molecule has 4 aliphatic rings. The van der Waals surface area contributed by atoms with Gasteiger partial charge in [0.25, 0.3) is 0 Å². The first kappa shape index (κ1) is 20.4.